The Labute approximate surface area is 143 Å². The van der Waals surface area contributed by atoms with Crippen LogP contribution in [0.3, 0.4) is 0 Å². The van der Waals surface area contributed by atoms with Crippen LogP contribution in [-0.2, 0) is 4.74 Å². The van der Waals surface area contributed by atoms with Crippen LogP contribution in [0.4, 0.5) is 10.5 Å². The number of carbonyl (C=O) groups is 1. The van der Waals surface area contributed by atoms with Crippen LogP contribution in [-0.4, -0.2) is 30.4 Å². The van der Waals surface area contributed by atoms with Gasteiger partial charge in [-0.05, 0) is 59.7 Å². The number of rotatable bonds is 6. The molecule has 0 heterocycles. The number of amides is 1. The molecule has 0 aliphatic carbocycles. The molecule has 0 radical (unpaired) electrons. The minimum absolute atomic E-state index is 0.0236. The van der Waals surface area contributed by atoms with E-state index >= 15 is 0 Å². The van der Waals surface area contributed by atoms with Gasteiger partial charge in [-0.3, -0.25) is 0 Å². The molecule has 0 aromatic heterocycles. The van der Waals surface area contributed by atoms with Gasteiger partial charge in [-0.2, -0.15) is 0 Å². The Balaban J connectivity index is 2.50. The molecule has 0 bridgehead atoms. The highest BCUT2D eigenvalue weighted by atomic mass is 35.5. The summed E-state index contributed by atoms with van der Waals surface area (Å²) in [5, 5.41) is 6.55. The topological polar surface area (TPSA) is 59.6 Å². The van der Waals surface area contributed by atoms with Crippen LogP contribution in [0.1, 0.15) is 41.5 Å². The van der Waals surface area contributed by atoms with E-state index < -0.39 is 11.7 Å². The van der Waals surface area contributed by atoms with E-state index in [0.29, 0.717) is 17.3 Å². The second kappa shape index (κ2) is 8.29. The maximum atomic E-state index is 11.6. The molecule has 0 aliphatic heterocycles. The van der Waals surface area contributed by atoms with Crippen LogP contribution in [0, 0.1) is 0 Å². The molecule has 130 valence electrons. The monoisotopic (exact) mass is 342 g/mol. The SMILES string of the molecule is CC(CNC(=O)OC(C)(C)C)Nc1ccc(OC(C)C)c(Cl)c1. The Bertz CT molecular complexity index is 527. The minimum Gasteiger partial charge on any atom is -0.489 e. The van der Waals surface area contributed by atoms with Gasteiger partial charge < -0.3 is 20.1 Å². The third kappa shape index (κ3) is 7.98. The van der Waals surface area contributed by atoms with Crippen molar-refractivity contribution in [1.82, 2.24) is 5.32 Å². The van der Waals surface area contributed by atoms with Crippen molar-refractivity contribution >= 4 is 23.4 Å². The molecule has 6 heteroatoms. The van der Waals surface area contributed by atoms with Crippen molar-refractivity contribution in [3.05, 3.63) is 23.2 Å². The van der Waals surface area contributed by atoms with Gasteiger partial charge in [0.1, 0.15) is 11.4 Å². The van der Waals surface area contributed by atoms with Gasteiger partial charge in [0, 0.05) is 18.3 Å². The molecule has 1 rings (SSSR count). The average molecular weight is 343 g/mol. The van der Waals surface area contributed by atoms with Gasteiger partial charge in [0.2, 0.25) is 0 Å². The van der Waals surface area contributed by atoms with E-state index in [9.17, 15) is 4.79 Å². The summed E-state index contributed by atoms with van der Waals surface area (Å²) in [4.78, 5) is 11.6. The van der Waals surface area contributed by atoms with Crippen LogP contribution in [0.5, 0.6) is 5.75 Å². The van der Waals surface area contributed by atoms with Gasteiger partial charge in [-0.25, -0.2) is 4.79 Å². The Hall–Kier alpha value is -1.62. The average Bonchev–Trinajstić information content (AvgIpc) is 2.37. The van der Waals surface area contributed by atoms with Gasteiger partial charge in [0.05, 0.1) is 11.1 Å². The van der Waals surface area contributed by atoms with Crippen molar-refractivity contribution < 1.29 is 14.3 Å². The quantitative estimate of drug-likeness (QED) is 0.801. The van der Waals surface area contributed by atoms with Crippen LogP contribution in [0.15, 0.2) is 18.2 Å². The first-order valence-corrected chi connectivity index (χ1v) is 8.14. The summed E-state index contributed by atoms with van der Waals surface area (Å²) in [6.45, 7) is 11.8. The zero-order chi connectivity index (χ0) is 17.6. The second-order valence-electron chi connectivity index (χ2n) is 6.74. The van der Waals surface area contributed by atoms with Gasteiger partial charge in [-0.15, -0.1) is 0 Å². The number of carbonyl (C=O) groups excluding carboxylic acids is 1. The summed E-state index contributed by atoms with van der Waals surface area (Å²) in [6.07, 6.45) is -0.354. The van der Waals surface area contributed by atoms with Crippen molar-refractivity contribution in [3.8, 4) is 5.75 Å². The largest absolute Gasteiger partial charge is 0.489 e. The van der Waals surface area contributed by atoms with E-state index in [1.807, 2.05) is 59.7 Å². The lowest BCUT2D eigenvalue weighted by atomic mass is 10.2. The Morgan fingerprint density at radius 1 is 1.26 bits per heavy atom. The molecule has 0 saturated carbocycles. The summed E-state index contributed by atoms with van der Waals surface area (Å²) in [6, 6.07) is 5.56. The zero-order valence-corrected chi connectivity index (χ0v) is 15.5. The van der Waals surface area contributed by atoms with Crippen molar-refractivity contribution in [2.45, 2.75) is 59.3 Å². The molecule has 1 atom stereocenters. The maximum absolute atomic E-state index is 11.6. The third-order valence-corrected chi connectivity index (χ3v) is 2.95. The first-order chi connectivity index (χ1) is 10.6. The highest BCUT2D eigenvalue weighted by Gasteiger charge is 2.16. The highest BCUT2D eigenvalue weighted by Crippen LogP contribution is 2.28. The smallest absolute Gasteiger partial charge is 0.407 e. The lowest BCUT2D eigenvalue weighted by molar-refractivity contribution is 0.0526. The van der Waals surface area contributed by atoms with Crippen LogP contribution < -0.4 is 15.4 Å². The number of anilines is 1. The van der Waals surface area contributed by atoms with Crippen molar-refractivity contribution in [2.75, 3.05) is 11.9 Å². The molecule has 1 aromatic rings. The summed E-state index contributed by atoms with van der Waals surface area (Å²) in [5.41, 5.74) is 0.366. The molecule has 1 unspecified atom stereocenters. The Morgan fingerprint density at radius 3 is 2.43 bits per heavy atom. The third-order valence-electron chi connectivity index (χ3n) is 2.66. The first kappa shape index (κ1) is 19.4. The molecule has 0 saturated heterocycles. The number of hydrogen-bond acceptors (Lipinski definition) is 4. The molecule has 1 amide bonds. The molecule has 0 spiro atoms. The number of alkyl carbamates (subject to hydrolysis) is 1. The van der Waals surface area contributed by atoms with Gasteiger partial charge in [-0.1, -0.05) is 11.6 Å². The molecule has 0 fully saturated rings. The van der Waals surface area contributed by atoms with Crippen LogP contribution >= 0.6 is 11.6 Å². The van der Waals surface area contributed by atoms with Gasteiger partial charge >= 0.3 is 6.09 Å². The van der Waals surface area contributed by atoms with Crippen molar-refractivity contribution in [3.63, 3.8) is 0 Å². The predicted octanol–water partition coefficient (Wildman–Crippen LogP) is 4.45. The predicted molar refractivity (Wildman–Crippen MR) is 94.5 cm³/mol. The molecule has 5 nitrogen and oxygen atoms in total. The normalized spacial score (nSPS) is 12.7. The summed E-state index contributed by atoms with van der Waals surface area (Å²) < 4.78 is 10.8. The number of hydrogen-bond donors (Lipinski definition) is 2. The van der Waals surface area contributed by atoms with Crippen molar-refractivity contribution in [2.24, 2.45) is 0 Å². The van der Waals surface area contributed by atoms with E-state index in [1.165, 1.54) is 0 Å². The van der Waals surface area contributed by atoms with Crippen LogP contribution in [0.2, 0.25) is 5.02 Å². The zero-order valence-electron chi connectivity index (χ0n) is 14.7. The lowest BCUT2D eigenvalue weighted by Gasteiger charge is -2.21. The van der Waals surface area contributed by atoms with E-state index in [-0.39, 0.29) is 12.1 Å². The number of benzene rings is 1. The van der Waals surface area contributed by atoms with Gasteiger partial charge in [0.25, 0.3) is 0 Å². The van der Waals surface area contributed by atoms with Crippen LogP contribution in [0.25, 0.3) is 0 Å². The molecule has 2 N–H and O–H groups in total. The van der Waals surface area contributed by atoms with E-state index in [0.717, 1.165) is 5.69 Å². The standard InChI is InChI=1S/C17H27ClN2O3/c1-11(2)22-15-8-7-13(9-14(15)18)20-12(3)10-19-16(21)23-17(4,5)6/h7-9,11-12,20H,10H2,1-6H3,(H,19,21). The number of halogens is 1. The molecule has 23 heavy (non-hydrogen) atoms. The Kier molecular flexibility index (Phi) is 7.01. The number of nitrogens with one attached hydrogen (secondary N) is 2. The fourth-order valence-electron chi connectivity index (χ4n) is 1.83. The van der Waals surface area contributed by atoms with E-state index in [2.05, 4.69) is 10.6 Å². The molecular weight excluding hydrogens is 316 g/mol. The maximum Gasteiger partial charge on any atom is 0.407 e. The van der Waals surface area contributed by atoms with E-state index in [4.69, 9.17) is 21.1 Å². The fourth-order valence-corrected chi connectivity index (χ4v) is 2.05. The number of ether oxygens (including phenoxy) is 2. The second-order valence-corrected chi connectivity index (χ2v) is 7.15. The summed E-state index contributed by atoms with van der Waals surface area (Å²) >= 11 is 6.20. The minimum atomic E-state index is -0.499. The molecule has 1 aromatic carbocycles. The lowest BCUT2D eigenvalue weighted by Crippen LogP contribution is -2.38. The summed E-state index contributed by atoms with van der Waals surface area (Å²) in [5.74, 6) is 0.659. The first-order valence-electron chi connectivity index (χ1n) is 7.76. The summed E-state index contributed by atoms with van der Waals surface area (Å²) in [7, 11) is 0. The molecule has 0 aliphatic rings. The van der Waals surface area contributed by atoms with Crippen molar-refractivity contribution in [1.29, 1.82) is 0 Å². The highest BCUT2D eigenvalue weighted by molar-refractivity contribution is 6.32. The molecular formula is C17H27ClN2O3. The van der Waals surface area contributed by atoms with Gasteiger partial charge in [0.15, 0.2) is 0 Å². The Morgan fingerprint density at radius 2 is 1.91 bits per heavy atom. The fraction of sp³-hybridized carbons (Fsp3) is 0.588. The van der Waals surface area contributed by atoms with E-state index in [1.54, 1.807) is 0 Å².